The van der Waals surface area contributed by atoms with E-state index in [4.69, 9.17) is 4.74 Å². The molecular formula is C17H19N3O4S. The topological polar surface area (TPSA) is 88.6 Å². The van der Waals surface area contributed by atoms with E-state index in [9.17, 15) is 13.2 Å². The summed E-state index contributed by atoms with van der Waals surface area (Å²) in [4.78, 5) is 17.7. The quantitative estimate of drug-likeness (QED) is 0.844. The first kappa shape index (κ1) is 17.4. The summed E-state index contributed by atoms with van der Waals surface area (Å²) in [5.74, 6) is 0.606. The van der Waals surface area contributed by atoms with Gasteiger partial charge in [0.05, 0.1) is 6.61 Å². The number of nitrogens with zero attached hydrogens (tertiary/aromatic N) is 2. The van der Waals surface area contributed by atoms with E-state index in [-0.39, 0.29) is 23.8 Å². The zero-order valence-corrected chi connectivity index (χ0v) is 14.6. The number of benzene rings is 1. The van der Waals surface area contributed by atoms with Crippen molar-refractivity contribution in [1.82, 2.24) is 9.71 Å². The van der Waals surface area contributed by atoms with Crippen molar-refractivity contribution in [2.45, 2.75) is 24.3 Å². The fourth-order valence-electron chi connectivity index (χ4n) is 2.72. The molecule has 0 bridgehead atoms. The monoisotopic (exact) mass is 361 g/mol. The fourth-order valence-corrected chi connectivity index (χ4v) is 3.91. The van der Waals surface area contributed by atoms with Crippen LogP contribution in [-0.4, -0.2) is 38.5 Å². The highest BCUT2D eigenvalue weighted by Gasteiger charge is 2.33. The number of rotatable bonds is 6. The lowest BCUT2D eigenvalue weighted by Crippen LogP contribution is -2.37. The van der Waals surface area contributed by atoms with Gasteiger partial charge in [0, 0.05) is 37.1 Å². The number of hydrogen-bond donors (Lipinski definition) is 1. The van der Waals surface area contributed by atoms with Crippen molar-refractivity contribution in [3.05, 3.63) is 48.8 Å². The van der Waals surface area contributed by atoms with Gasteiger partial charge in [0.25, 0.3) is 0 Å². The number of pyridine rings is 1. The number of nitrogens with one attached hydrogen (secondary N) is 1. The van der Waals surface area contributed by atoms with Gasteiger partial charge in [-0.2, -0.15) is 0 Å². The predicted molar refractivity (Wildman–Crippen MR) is 92.9 cm³/mol. The Labute approximate surface area is 146 Å². The molecule has 0 unspecified atom stereocenters. The Morgan fingerprint density at radius 1 is 1.28 bits per heavy atom. The van der Waals surface area contributed by atoms with E-state index in [0.717, 1.165) is 11.4 Å². The van der Waals surface area contributed by atoms with E-state index in [1.54, 1.807) is 35.2 Å². The molecule has 1 aliphatic rings. The number of sulfonamides is 1. The molecule has 25 heavy (non-hydrogen) atoms. The first-order chi connectivity index (χ1) is 12.0. The minimum atomic E-state index is -3.70. The SMILES string of the molecule is CCOc1ccc(N2C[C@H](NS(=O)(=O)c3cccnc3)CC2=O)cc1. The van der Waals surface area contributed by atoms with Crippen molar-refractivity contribution in [1.29, 1.82) is 0 Å². The third-order valence-electron chi connectivity index (χ3n) is 3.85. The second kappa shape index (κ2) is 7.20. The highest BCUT2D eigenvalue weighted by molar-refractivity contribution is 7.89. The Hall–Kier alpha value is -2.45. The lowest BCUT2D eigenvalue weighted by atomic mass is 10.3. The number of anilines is 1. The van der Waals surface area contributed by atoms with E-state index in [2.05, 4.69) is 9.71 Å². The van der Waals surface area contributed by atoms with Gasteiger partial charge in [-0.15, -0.1) is 0 Å². The number of ether oxygens (including phenoxy) is 1. The summed E-state index contributed by atoms with van der Waals surface area (Å²) in [5.41, 5.74) is 0.719. The van der Waals surface area contributed by atoms with Crippen LogP contribution >= 0.6 is 0 Å². The van der Waals surface area contributed by atoms with Gasteiger partial charge in [-0.05, 0) is 43.3 Å². The van der Waals surface area contributed by atoms with Crippen LogP contribution in [0.15, 0.2) is 53.7 Å². The molecule has 1 saturated heterocycles. The van der Waals surface area contributed by atoms with Crippen molar-refractivity contribution in [3.63, 3.8) is 0 Å². The van der Waals surface area contributed by atoms with E-state index in [1.165, 1.54) is 18.5 Å². The molecule has 2 heterocycles. The number of amides is 1. The van der Waals surface area contributed by atoms with Crippen LogP contribution in [0.1, 0.15) is 13.3 Å². The van der Waals surface area contributed by atoms with Crippen molar-refractivity contribution < 1.29 is 17.9 Å². The summed E-state index contributed by atoms with van der Waals surface area (Å²) in [6.07, 6.45) is 2.90. The minimum absolute atomic E-state index is 0.0852. The Morgan fingerprint density at radius 3 is 2.68 bits per heavy atom. The molecule has 1 aromatic heterocycles. The largest absolute Gasteiger partial charge is 0.494 e. The number of hydrogen-bond acceptors (Lipinski definition) is 5. The zero-order valence-electron chi connectivity index (χ0n) is 13.8. The lowest BCUT2D eigenvalue weighted by molar-refractivity contribution is -0.117. The molecule has 0 aliphatic carbocycles. The zero-order chi connectivity index (χ0) is 17.9. The predicted octanol–water partition coefficient (Wildman–Crippen LogP) is 1.56. The Kier molecular flexibility index (Phi) is 5.00. The summed E-state index contributed by atoms with van der Waals surface area (Å²) in [5, 5.41) is 0. The Bertz CT molecular complexity index is 838. The normalized spacial score (nSPS) is 17.7. The fraction of sp³-hybridized carbons (Fsp3) is 0.294. The highest BCUT2D eigenvalue weighted by atomic mass is 32.2. The molecule has 7 nitrogen and oxygen atoms in total. The molecule has 3 rings (SSSR count). The second-order valence-electron chi connectivity index (χ2n) is 5.64. The first-order valence-corrected chi connectivity index (χ1v) is 9.43. The molecule has 1 aliphatic heterocycles. The molecule has 0 radical (unpaired) electrons. The Balaban J connectivity index is 1.70. The highest BCUT2D eigenvalue weighted by Crippen LogP contribution is 2.25. The molecule has 132 valence electrons. The van der Waals surface area contributed by atoms with Gasteiger partial charge in [0.2, 0.25) is 15.9 Å². The maximum atomic E-state index is 12.4. The lowest BCUT2D eigenvalue weighted by Gasteiger charge is -2.17. The van der Waals surface area contributed by atoms with Crippen LogP contribution < -0.4 is 14.4 Å². The molecule has 0 saturated carbocycles. The Morgan fingerprint density at radius 2 is 2.04 bits per heavy atom. The summed E-state index contributed by atoms with van der Waals surface area (Å²) in [6.45, 7) is 2.75. The molecule has 0 spiro atoms. The third kappa shape index (κ3) is 3.97. The van der Waals surface area contributed by atoms with Gasteiger partial charge in [0.15, 0.2) is 0 Å². The minimum Gasteiger partial charge on any atom is -0.494 e. The van der Waals surface area contributed by atoms with Crippen LogP contribution in [0.3, 0.4) is 0 Å². The van der Waals surface area contributed by atoms with Crippen LogP contribution in [0.25, 0.3) is 0 Å². The maximum Gasteiger partial charge on any atom is 0.242 e. The van der Waals surface area contributed by atoms with Crippen molar-refractivity contribution in [2.24, 2.45) is 0 Å². The van der Waals surface area contributed by atoms with Crippen molar-refractivity contribution in [3.8, 4) is 5.75 Å². The molecule has 8 heteroatoms. The molecule has 2 aromatic rings. The molecule has 1 N–H and O–H groups in total. The van der Waals surface area contributed by atoms with E-state index < -0.39 is 16.1 Å². The second-order valence-corrected chi connectivity index (χ2v) is 7.36. The van der Waals surface area contributed by atoms with Crippen LogP contribution in [0, 0.1) is 0 Å². The number of carbonyl (C=O) groups excluding carboxylic acids is 1. The van der Waals surface area contributed by atoms with Gasteiger partial charge >= 0.3 is 0 Å². The summed E-state index contributed by atoms with van der Waals surface area (Å²) in [7, 11) is -3.70. The third-order valence-corrected chi connectivity index (χ3v) is 5.36. The number of carbonyl (C=O) groups is 1. The van der Waals surface area contributed by atoms with Gasteiger partial charge in [-0.3, -0.25) is 9.78 Å². The molecule has 1 fully saturated rings. The van der Waals surface area contributed by atoms with E-state index in [0.29, 0.717) is 6.61 Å². The molecule has 1 atom stereocenters. The van der Waals surface area contributed by atoms with E-state index in [1.807, 2.05) is 6.92 Å². The van der Waals surface area contributed by atoms with Gasteiger partial charge < -0.3 is 9.64 Å². The van der Waals surface area contributed by atoms with Gasteiger partial charge in [-0.25, -0.2) is 13.1 Å². The summed E-state index contributed by atoms with van der Waals surface area (Å²) >= 11 is 0. The first-order valence-electron chi connectivity index (χ1n) is 7.95. The van der Waals surface area contributed by atoms with Gasteiger partial charge in [0.1, 0.15) is 10.6 Å². The maximum absolute atomic E-state index is 12.4. The van der Waals surface area contributed by atoms with Gasteiger partial charge in [-0.1, -0.05) is 0 Å². The van der Waals surface area contributed by atoms with Crippen LogP contribution in [0.2, 0.25) is 0 Å². The summed E-state index contributed by atoms with van der Waals surface area (Å²) < 4.78 is 32.7. The number of aromatic nitrogens is 1. The van der Waals surface area contributed by atoms with Crippen LogP contribution in [0.5, 0.6) is 5.75 Å². The smallest absolute Gasteiger partial charge is 0.242 e. The van der Waals surface area contributed by atoms with Crippen molar-refractivity contribution in [2.75, 3.05) is 18.1 Å². The summed E-state index contributed by atoms with van der Waals surface area (Å²) in [6, 6.07) is 9.71. The average Bonchev–Trinajstić information content (AvgIpc) is 2.96. The molecule has 1 amide bonds. The molecular weight excluding hydrogens is 342 g/mol. The van der Waals surface area contributed by atoms with Crippen LogP contribution in [0.4, 0.5) is 5.69 Å². The van der Waals surface area contributed by atoms with Crippen molar-refractivity contribution >= 4 is 21.6 Å². The standard InChI is InChI=1S/C17H19N3O4S/c1-2-24-15-7-5-14(6-8-15)20-12-13(10-17(20)21)19-25(22,23)16-4-3-9-18-11-16/h3-9,11,13,19H,2,10,12H2,1H3/t13-/m1/s1. The average molecular weight is 361 g/mol. The van der Waals surface area contributed by atoms with E-state index >= 15 is 0 Å². The van der Waals surface area contributed by atoms with Crippen LogP contribution in [-0.2, 0) is 14.8 Å². The molecule has 1 aromatic carbocycles.